The van der Waals surface area contributed by atoms with Crippen molar-refractivity contribution in [1.82, 2.24) is 4.90 Å². The quantitative estimate of drug-likeness (QED) is 0.491. The number of nitrogens with zero attached hydrogens (tertiary/aromatic N) is 1. The molecule has 0 aromatic rings. The molecule has 1 saturated heterocycles. The Kier molecular flexibility index (Phi) is 5.75. The minimum atomic E-state index is -1.26. The number of ether oxygens (including phenoxy) is 1. The van der Waals surface area contributed by atoms with Crippen LogP contribution < -0.4 is 11.5 Å². The van der Waals surface area contributed by atoms with Gasteiger partial charge < -0.3 is 21.1 Å². The van der Waals surface area contributed by atoms with Gasteiger partial charge in [0.15, 0.2) is 6.04 Å². The van der Waals surface area contributed by atoms with E-state index >= 15 is 0 Å². The zero-order valence-corrected chi connectivity index (χ0v) is 11.1. The van der Waals surface area contributed by atoms with Crippen LogP contribution in [-0.2, 0) is 19.1 Å². The monoisotopic (exact) mass is 271 g/mol. The van der Waals surface area contributed by atoms with Crippen LogP contribution >= 0.6 is 0 Å². The van der Waals surface area contributed by atoms with Crippen LogP contribution in [0.4, 0.5) is 0 Å². The summed E-state index contributed by atoms with van der Waals surface area (Å²) in [7, 11) is 0. The molecule has 1 rings (SSSR count). The normalized spacial score (nSPS) is 17.9. The predicted octanol–water partition coefficient (Wildman–Crippen LogP) is -1.01. The molecule has 1 fully saturated rings. The molecule has 1 aliphatic heterocycles. The lowest BCUT2D eigenvalue weighted by atomic mass is 9.93. The first-order chi connectivity index (χ1) is 8.95. The summed E-state index contributed by atoms with van der Waals surface area (Å²) in [6.45, 7) is 2.83. The van der Waals surface area contributed by atoms with Crippen molar-refractivity contribution in [2.45, 2.75) is 32.2 Å². The first kappa shape index (κ1) is 15.4. The fraction of sp³-hybridized carbons (Fsp3) is 0.750. The van der Waals surface area contributed by atoms with Crippen LogP contribution in [0.25, 0.3) is 0 Å². The number of rotatable bonds is 5. The number of esters is 1. The minimum absolute atomic E-state index is 0.195. The van der Waals surface area contributed by atoms with Gasteiger partial charge in [-0.3, -0.25) is 9.59 Å². The molecule has 0 bridgehead atoms. The molecule has 0 aromatic heterocycles. The highest BCUT2D eigenvalue weighted by molar-refractivity contribution is 6.01. The Morgan fingerprint density at radius 3 is 2.37 bits per heavy atom. The number of piperidine rings is 1. The topological polar surface area (TPSA) is 116 Å². The van der Waals surface area contributed by atoms with Crippen LogP contribution in [0.15, 0.2) is 0 Å². The third-order valence-electron chi connectivity index (χ3n) is 3.22. The van der Waals surface area contributed by atoms with Gasteiger partial charge in [-0.25, -0.2) is 4.79 Å². The van der Waals surface area contributed by atoms with E-state index in [1.807, 2.05) is 0 Å². The summed E-state index contributed by atoms with van der Waals surface area (Å²) in [5.74, 6) is -1.24. The van der Waals surface area contributed by atoms with Crippen molar-refractivity contribution in [3.05, 3.63) is 0 Å². The van der Waals surface area contributed by atoms with Gasteiger partial charge in [0.2, 0.25) is 5.91 Å². The van der Waals surface area contributed by atoms with Gasteiger partial charge in [0, 0.05) is 19.5 Å². The van der Waals surface area contributed by atoms with E-state index in [1.165, 1.54) is 0 Å². The summed E-state index contributed by atoms with van der Waals surface area (Å²) in [4.78, 5) is 35.7. The Labute approximate surface area is 112 Å². The molecular formula is C12H21N3O4. The molecule has 1 unspecified atom stereocenters. The number of carbonyl (C=O) groups excluding carboxylic acids is 3. The molecule has 0 radical (unpaired) electrons. The lowest BCUT2D eigenvalue weighted by Gasteiger charge is -2.32. The van der Waals surface area contributed by atoms with Crippen LogP contribution in [0, 0.1) is 5.92 Å². The molecule has 108 valence electrons. The maximum absolute atomic E-state index is 12.0. The molecule has 19 heavy (non-hydrogen) atoms. The SMILES string of the molecule is CCOC(=O)C(N)C(=O)N1CCC(CC(N)=O)CC1. The maximum atomic E-state index is 12.0. The van der Waals surface area contributed by atoms with Gasteiger partial charge in [-0.1, -0.05) is 0 Å². The Morgan fingerprint density at radius 2 is 1.89 bits per heavy atom. The highest BCUT2D eigenvalue weighted by Crippen LogP contribution is 2.20. The summed E-state index contributed by atoms with van der Waals surface area (Å²) in [5.41, 5.74) is 10.7. The largest absolute Gasteiger partial charge is 0.464 e. The highest BCUT2D eigenvalue weighted by Gasteiger charge is 2.31. The Balaban J connectivity index is 2.44. The maximum Gasteiger partial charge on any atom is 0.332 e. The highest BCUT2D eigenvalue weighted by atomic mass is 16.5. The van der Waals surface area contributed by atoms with Gasteiger partial charge >= 0.3 is 5.97 Å². The smallest absolute Gasteiger partial charge is 0.332 e. The third-order valence-corrected chi connectivity index (χ3v) is 3.22. The van der Waals surface area contributed by atoms with Crippen molar-refractivity contribution in [2.24, 2.45) is 17.4 Å². The van der Waals surface area contributed by atoms with E-state index in [2.05, 4.69) is 0 Å². The first-order valence-corrected chi connectivity index (χ1v) is 6.45. The van der Waals surface area contributed by atoms with Crippen molar-refractivity contribution >= 4 is 17.8 Å². The molecule has 1 aliphatic rings. The standard InChI is InChI=1S/C12H21N3O4/c1-2-19-12(18)10(14)11(17)15-5-3-8(4-6-15)7-9(13)16/h8,10H,2-7,14H2,1H3,(H2,13,16). The van der Waals surface area contributed by atoms with E-state index < -0.39 is 17.9 Å². The lowest BCUT2D eigenvalue weighted by molar-refractivity contribution is -0.151. The number of carbonyl (C=O) groups is 3. The average molecular weight is 271 g/mol. The second kappa shape index (κ2) is 7.08. The van der Waals surface area contributed by atoms with E-state index in [1.54, 1.807) is 11.8 Å². The van der Waals surface area contributed by atoms with Crippen LogP contribution in [0.3, 0.4) is 0 Å². The molecule has 0 spiro atoms. The summed E-state index contributed by atoms with van der Waals surface area (Å²) < 4.78 is 4.72. The molecule has 7 heteroatoms. The fourth-order valence-electron chi connectivity index (χ4n) is 2.17. The van der Waals surface area contributed by atoms with Crippen molar-refractivity contribution in [1.29, 1.82) is 0 Å². The number of likely N-dealkylation sites (tertiary alicyclic amines) is 1. The van der Waals surface area contributed by atoms with Crippen LogP contribution in [0.2, 0.25) is 0 Å². The molecule has 0 saturated carbocycles. The van der Waals surface area contributed by atoms with Gasteiger partial charge in [0.25, 0.3) is 5.91 Å². The second-order valence-electron chi connectivity index (χ2n) is 4.67. The van der Waals surface area contributed by atoms with Crippen LogP contribution in [0.1, 0.15) is 26.2 Å². The zero-order chi connectivity index (χ0) is 14.4. The van der Waals surface area contributed by atoms with Gasteiger partial charge in [0.1, 0.15) is 0 Å². The molecule has 1 atom stereocenters. The van der Waals surface area contributed by atoms with Crippen molar-refractivity contribution in [3.8, 4) is 0 Å². The average Bonchev–Trinajstić information content (AvgIpc) is 2.37. The minimum Gasteiger partial charge on any atom is -0.464 e. The van der Waals surface area contributed by atoms with Crippen molar-refractivity contribution in [2.75, 3.05) is 19.7 Å². The van der Waals surface area contributed by atoms with Gasteiger partial charge in [-0.05, 0) is 25.7 Å². The summed E-state index contributed by atoms with van der Waals surface area (Å²) >= 11 is 0. The Hall–Kier alpha value is -1.63. The molecule has 4 N–H and O–H groups in total. The molecule has 0 aliphatic carbocycles. The van der Waals surface area contributed by atoms with Gasteiger partial charge in [-0.15, -0.1) is 0 Å². The Bertz CT molecular complexity index is 351. The summed E-state index contributed by atoms with van der Waals surface area (Å²) in [5, 5.41) is 0. The fourth-order valence-corrected chi connectivity index (χ4v) is 2.17. The van der Waals surface area contributed by atoms with E-state index in [0.29, 0.717) is 32.4 Å². The molecule has 2 amide bonds. The first-order valence-electron chi connectivity index (χ1n) is 6.45. The van der Waals surface area contributed by atoms with E-state index in [4.69, 9.17) is 16.2 Å². The number of nitrogens with two attached hydrogens (primary N) is 2. The van der Waals surface area contributed by atoms with Crippen molar-refractivity contribution < 1.29 is 19.1 Å². The van der Waals surface area contributed by atoms with E-state index in [0.717, 1.165) is 0 Å². The summed E-state index contributed by atoms with van der Waals surface area (Å²) in [6, 6.07) is -1.26. The summed E-state index contributed by atoms with van der Waals surface area (Å²) in [6.07, 6.45) is 1.74. The number of hydrogen-bond donors (Lipinski definition) is 2. The number of hydrogen-bond acceptors (Lipinski definition) is 5. The zero-order valence-electron chi connectivity index (χ0n) is 11.1. The Morgan fingerprint density at radius 1 is 1.32 bits per heavy atom. The lowest BCUT2D eigenvalue weighted by Crippen LogP contribution is -2.51. The molecule has 0 aromatic carbocycles. The third kappa shape index (κ3) is 4.51. The number of primary amides is 1. The second-order valence-corrected chi connectivity index (χ2v) is 4.67. The predicted molar refractivity (Wildman–Crippen MR) is 67.7 cm³/mol. The molecule has 1 heterocycles. The van der Waals surface area contributed by atoms with Gasteiger partial charge in [-0.2, -0.15) is 0 Å². The van der Waals surface area contributed by atoms with Crippen LogP contribution in [0.5, 0.6) is 0 Å². The number of amides is 2. The van der Waals surface area contributed by atoms with Crippen LogP contribution in [-0.4, -0.2) is 48.4 Å². The van der Waals surface area contributed by atoms with Gasteiger partial charge in [0.05, 0.1) is 6.61 Å². The molecular weight excluding hydrogens is 250 g/mol. The van der Waals surface area contributed by atoms with Crippen molar-refractivity contribution in [3.63, 3.8) is 0 Å². The van der Waals surface area contributed by atoms with E-state index in [-0.39, 0.29) is 18.4 Å². The van der Waals surface area contributed by atoms with E-state index in [9.17, 15) is 14.4 Å². The molecule has 7 nitrogen and oxygen atoms in total.